The molecule has 0 saturated heterocycles. The Morgan fingerprint density at radius 2 is 1.79 bits per heavy atom. The quantitative estimate of drug-likeness (QED) is 0.735. The molecule has 108 valence electrons. The number of likely N-dealkylation sites (N-methyl/N-ethyl adjacent to an activating group) is 1. The van der Waals surface area contributed by atoms with E-state index >= 15 is 0 Å². The summed E-state index contributed by atoms with van der Waals surface area (Å²) in [4.78, 5) is 0. The molecule has 0 aliphatic carbocycles. The lowest BCUT2D eigenvalue weighted by molar-refractivity contribution is -0.155. The molecule has 0 spiro atoms. The Bertz CT molecular complexity index is 378. The Labute approximate surface area is 115 Å². The van der Waals surface area contributed by atoms with Gasteiger partial charge in [-0.2, -0.15) is 0 Å². The zero-order valence-corrected chi connectivity index (χ0v) is 12.2. The second-order valence-electron chi connectivity index (χ2n) is 4.32. The maximum Gasteiger partial charge on any atom is 0.176 e. The average Bonchev–Trinajstić information content (AvgIpc) is 2.39. The number of rotatable bonds is 8. The molecule has 0 aliphatic rings. The fraction of sp³-hybridized carbons (Fsp3) is 0.600. The van der Waals surface area contributed by atoms with Crippen LogP contribution in [0, 0.1) is 12.7 Å². The summed E-state index contributed by atoms with van der Waals surface area (Å²) in [7, 11) is 0. The third kappa shape index (κ3) is 4.56. The number of nitrogens with one attached hydrogen (secondary N) is 1. The lowest BCUT2D eigenvalue weighted by atomic mass is 10.0. The first-order chi connectivity index (χ1) is 9.13. The van der Waals surface area contributed by atoms with Gasteiger partial charge in [0, 0.05) is 13.2 Å². The summed E-state index contributed by atoms with van der Waals surface area (Å²) in [5.41, 5.74) is 1.49. The van der Waals surface area contributed by atoms with Crippen molar-refractivity contribution in [2.75, 3.05) is 19.8 Å². The fourth-order valence-corrected chi connectivity index (χ4v) is 1.96. The molecule has 0 aromatic heterocycles. The van der Waals surface area contributed by atoms with Crippen molar-refractivity contribution < 1.29 is 13.9 Å². The molecule has 0 heterocycles. The molecule has 0 saturated carbocycles. The van der Waals surface area contributed by atoms with Crippen LogP contribution in [0.25, 0.3) is 0 Å². The van der Waals surface area contributed by atoms with Gasteiger partial charge >= 0.3 is 0 Å². The molecule has 1 unspecified atom stereocenters. The monoisotopic (exact) mass is 269 g/mol. The number of benzene rings is 1. The number of aryl methyl sites for hydroxylation is 1. The number of hydrogen-bond donors (Lipinski definition) is 1. The molecule has 1 aromatic rings. The van der Waals surface area contributed by atoms with Crippen molar-refractivity contribution in [1.82, 2.24) is 5.32 Å². The van der Waals surface area contributed by atoms with Crippen molar-refractivity contribution in [2.45, 2.75) is 40.0 Å². The SMILES string of the molecule is CCNC(c1ccc(C)c(F)c1)C(OCC)OCC. The average molecular weight is 269 g/mol. The van der Waals surface area contributed by atoms with Gasteiger partial charge in [-0.3, -0.25) is 0 Å². The predicted octanol–water partition coefficient (Wildman–Crippen LogP) is 3.18. The zero-order chi connectivity index (χ0) is 14.3. The van der Waals surface area contributed by atoms with Gasteiger partial charge in [0.05, 0.1) is 6.04 Å². The number of hydrogen-bond acceptors (Lipinski definition) is 3. The summed E-state index contributed by atoms with van der Waals surface area (Å²) >= 11 is 0. The van der Waals surface area contributed by atoms with E-state index in [1.165, 1.54) is 0 Å². The van der Waals surface area contributed by atoms with Gasteiger partial charge in [0.1, 0.15) is 5.82 Å². The summed E-state index contributed by atoms with van der Waals surface area (Å²) in [6.07, 6.45) is -0.406. The maximum atomic E-state index is 13.7. The van der Waals surface area contributed by atoms with Crippen molar-refractivity contribution in [3.05, 3.63) is 35.1 Å². The Kier molecular flexibility index (Phi) is 6.99. The van der Waals surface area contributed by atoms with E-state index in [1.807, 2.05) is 26.8 Å². The smallest absolute Gasteiger partial charge is 0.176 e. The van der Waals surface area contributed by atoms with E-state index in [2.05, 4.69) is 5.32 Å². The van der Waals surface area contributed by atoms with Crippen molar-refractivity contribution >= 4 is 0 Å². The maximum absolute atomic E-state index is 13.7. The normalized spacial score (nSPS) is 12.9. The van der Waals surface area contributed by atoms with E-state index in [0.29, 0.717) is 18.8 Å². The van der Waals surface area contributed by atoms with Crippen LogP contribution >= 0.6 is 0 Å². The van der Waals surface area contributed by atoms with E-state index in [-0.39, 0.29) is 11.9 Å². The van der Waals surface area contributed by atoms with Crippen LogP contribution in [0.3, 0.4) is 0 Å². The Balaban J connectivity index is 2.98. The molecule has 19 heavy (non-hydrogen) atoms. The fourth-order valence-electron chi connectivity index (χ4n) is 1.96. The van der Waals surface area contributed by atoms with Gasteiger partial charge < -0.3 is 14.8 Å². The second-order valence-corrected chi connectivity index (χ2v) is 4.32. The molecular formula is C15H24FNO2. The van der Waals surface area contributed by atoms with Crippen LogP contribution in [0.1, 0.15) is 37.9 Å². The largest absolute Gasteiger partial charge is 0.351 e. The third-order valence-electron chi connectivity index (χ3n) is 2.91. The first-order valence-electron chi connectivity index (χ1n) is 6.86. The summed E-state index contributed by atoms with van der Waals surface area (Å²) in [6.45, 7) is 9.48. The molecule has 0 fully saturated rings. The van der Waals surface area contributed by atoms with Crippen LogP contribution in [0.5, 0.6) is 0 Å². The van der Waals surface area contributed by atoms with E-state index in [9.17, 15) is 4.39 Å². The number of halogens is 1. The molecule has 1 N–H and O–H groups in total. The van der Waals surface area contributed by atoms with E-state index in [4.69, 9.17) is 9.47 Å². The molecule has 0 bridgehead atoms. The van der Waals surface area contributed by atoms with Gasteiger partial charge in [0.15, 0.2) is 6.29 Å². The minimum absolute atomic E-state index is 0.167. The summed E-state index contributed by atoms with van der Waals surface area (Å²) in [6, 6.07) is 5.08. The van der Waals surface area contributed by atoms with Crippen molar-refractivity contribution in [2.24, 2.45) is 0 Å². The zero-order valence-electron chi connectivity index (χ0n) is 12.2. The first-order valence-corrected chi connectivity index (χ1v) is 6.86. The molecule has 1 rings (SSSR count). The van der Waals surface area contributed by atoms with E-state index < -0.39 is 6.29 Å². The molecule has 0 amide bonds. The Morgan fingerprint density at radius 1 is 1.16 bits per heavy atom. The molecular weight excluding hydrogens is 245 g/mol. The second kappa shape index (κ2) is 8.25. The molecule has 3 nitrogen and oxygen atoms in total. The number of ether oxygens (including phenoxy) is 2. The van der Waals surface area contributed by atoms with Crippen molar-refractivity contribution in [1.29, 1.82) is 0 Å². The van der Waals surface area contributed by atoms with Gasteiger partial charge in [0.2, 0.25) is 0 Å². The third-order valence-corrected chi connectivity index (χ3v) is 2.91. The van der Waals surface area contributed by atoms with Gasteiger partial charge in [0.25, 0.3) is 0 Å². The highest BCUT2D eigenvalue weighted by atomic mass is 19.1. The Hall–Kier alpha value is -0.970. The van der Waals surface area contributed by atoms with Gasteiger partial charge in [-0.1, -0.05) is 19.1 Å². The van der Waals surface area contributed by atoms with Crippen LogP contribution in [0.2, 0.25) is 0 Å². The topological polar surface area (TPSA) is 30.5 Å². The molecule has 0 aliphatic heterocycles. The predicted molar refractivity (Wildman–Crippen MR) is 74.6 cm³/mol. The highest BCUT2D eigenvalue weighted by Gasteiger charge is 2.23. The Morgan fingerprint density at radius 3 is 2.26 bits per heavy atom. The van der Waals surface area contributed by atoms with Gasteiger partial charge in [-0.05, 0) is 44.5 Å². The van der Waals surface area contributed by atoms with Gasteiger partial charge in [-0.25, -0.2) is 4.39 Å². The first kappa shape index (κ1) is 16.1. The molecule has 1 aromatic carbocycles. The summed E-state index contributed by atoms with van der Waals surface area (Å²) in [5.74, 6) is -0.202. The summed E-state index contributed by atoms with van der Waals surface area (Å²) < 4.78 is 24.9. The standard InChI is InChI=1S/C15H24FNO2/c1-5-17-14(15(18-6-2)19-7-3)12-9-8-11(4)13(16)10-12/h8-10,14-15,17H,5-7H2,1-4H3. The summed E-state index contributed by atoms with van der Waals surface area (Å²) in [5, 5.41) is 3.30. The van der Waals surface area contributed by atoms with Crippen LogP contribution in [0.15, 0.2) is 18.2 Å². The van der Waals surface area contributed by atoms with Crippen LogP contribution < -0.4 is 5.32 Å². The minimum Gasteiger partial charge on any atom is -0.351 e. The van der Waals surface area contributed by atoms with Crippen molar-refractivity contribution in [3.63, 3.8) is 0 Å². The van der Waals surface area contributed by atoms with Crippen LogP contribution in [-0.4, -0.2) is 26.0 Å². The molecule has 4 heteroatoms. The van der Waals surface area contributed by atoms with Gasteiger partial charge in [-0.15, -0.1) is 0 Å². The van der Waals surface area contributed by atoms with Crippen molar-refractivity contribution in [3.8, 4) is 0 Å². The van der Waals surface area contributed by atoms with E-state index in [1.54, 1.807) is 19.1 Å². The molecule has 1 atom stereocenters. The highest BCUT2D eigenvalue weighted by Crippen LogP contribution is 2.22. The minimum atomic E-state index is -0.406. The lowest BCUT2D eigenvalue weighted by Crippen LogP contribution is -2.36. The van der Waals surface area contributed by atoms with Crippen LogP contribution in [-0.2, 0) is 9.47 Å². The van der Waals surface area contributed by atoms with Crippen LogP contribution in [0.4, 0.5) is 4.39 Å². The van der Waals surface area contributed by atoms with E-state index in [0.717, 1.165) is 12.1 Å². The lowest BCUT2D eigenvalue weighted by Gasteiger charge is -2.28. The molecule has 0 radical (unpaired) electrons. The highest BCUT2D eigenvalue weighted by molar-refractivity contribution is 5.26.